The number of methoxy groups -OCH3 is 1. The van der Waals surface area contributed by atoms with Gasteiger partial charge in [-0.05, 0) is 49.2 Å². The summed E-state index contributed by atoms with van der Waals surface area (Å²) in [4.78, 5) is 31.9. The molecule has 1 saturated heterocycles. The van der Waals surface area contributed by atoms with E-state index in [0.29, 0.717) is 30.8 Å². The molecule has 1 aliphatic rings. The third-order valence-electron chi connectivity index (χ3n) is 5.29. The highest BCUT2D eigenvalue weighted by Crippen LogP contribution is 2.36. The lowest BCUT2D eigenvalue weighted by atomic mass is 9.96. The van der Waals surface area contributed by atoms with E-state index in [1.54, 1.807) is 31.4 Å². The van der Waals surface area contributed by atoms with Crippen LogP contribution in [0, 0.1) is 5.92 Å². The van der Waals surface area contributed by atoms with E-state index in [0.717, 1.165) is 6.07 Å². The van der Waals surface area contributed by atoms with Crippen LogP contribution in [-0.4, -0.2) is 55.5 Å². The van der Waals surface area contributed by atoms with E-state index >= 15 is 0 Å². The van der Waals surface area contributed by atoms with Crippen molar-refractivity contribution < 1.29 is 27.5 Å². The van der Waals surface area contributed by atoms with Gasteiger partial charge >= 0.3 is 6.18 Å². The van der Waals surface area contributed by atoms with Crippen molar-refractivity contribution in [1.82, 2.24) is 9.88 Å². The maximum atomic E-state index is 13.4. The van der Waals surface area contributed by atoms with E-state index in [-0.39, 0.29) is 30.7 Å². The minimum absolute atomic E-state index is 0.114. The Balaban J connectivity index is 1.61. The summed E-state index contributed by atoms with van der Waals surface area (Å²) >= 11 is 0. The molecule has 0 spiro atoms. The molecule has 0 bridgehead atoms. The largest absolute Gasteiger partial charge is 0.497 e. The van der Waals surface area contributed by atoms with Gasteiger partial charge in [-0.25, -0.2) is 4.98 Å². The number of benzene rings is 1. The van der Waals surface area contributed by atoms with Gasteiger partial charge in [-0.3, -0.25) is 9.59 Å². The number of pyridine rings is 1. The van der Waals surface area contributed by atoms with Crippen molar-refractivity contribution in [3.8, 4) is 5.75 Å². The lowest BCUT2D eigenvalue weighted by Crippen LogP contribution is -2.46. The highest BCUT2D eigenvalue weighted by molar-refractivity contribution is 5.94. The number of rotatable bonds is 6. The Hall–Kier alpha value is -3.30. The van der Waals surface area contributed by atoms with Gasteiger partial charge in [0.2, 0.25) is 11.8 Å². The summed E-state index contributed by atoms with van der Waals surface area (Å²) < 4.78 is 45.1. The summed E-state index contributed by atoms with van der Waals surface area (Å²) in [5.74, 6) is -0.700. The quantitative estimate of drug-likeness (QED) is 0.730. The van der Waals surface area contributed by atoms with E-state index in [4.69, 9.17) is 4.74 Å². The fraction of sp³-hybridized carbons (Fsp3) is 0.409. The predicted molar refractivity (Wildman–Crippen MR) is 113 cm³/mol. The molecule has 0 saturated carbocycles. The number of piperidine rings is 1. The molecule has 2 heterocycles. The van der Waals surface area contributed by atoms with Crippen LogP contribution in [0.5, 0.6) is 5.75 Å². The zero-order chi connectivity index (χ0) is 23.3. The predicted octanol–water partition coefficient (Wildman–Crippen LogP) is 3.42. The van der Waals surface area contributed by atoms with Crippen molar-refractivity contribution >= 4 is 23.3 Å². The molecule has 7 nitrogen and oxygen atoms in total. The Morgan fingerprint density at radius 3 is 2.62 bits per heavy atom. The second kappa shape index (κ2) is 9.88. The number of nitrogens with one attached hydrogen (secondary N) is 1. The molecule has 1 atom stereocenters. The number of likely N-dealkylation sites (N-methyl/N-ethyl adjacent to an activating group) is 1. The summed E-state index contributed by atoms with van der Waals surface area (Å²) in [5.41, 5.74) is -0.254. The molecule has 1 aromatic carbocycles. The van der Waals surface area contributed by atoms with Gasteiger partial charge in [0.15, 0.2) is 0 Å². The molecule has 0 aliphatic carbocycles. The normalized spacial score (nSPS) is 16.4. The first-order chi connectivity index (χ1) is 15.2. The van der Waals surface area contributed by atoms with Gasteiger partial charge in [-0.2, -0.15) is 13.2 Å². The smallest absolute Gasteiger partial charge is 0.419 e. The number of halogens is 3. The summed E-state index contributed by atoms with van der Waals surface area (Å²) in [6.07, 6.45) is -2.13. The molecule has 1 fully saturated rings. The first kappa shape index (κ1) is 23.4. The molecule has 3 rings (SSSR count). The lowest BCUT2D eigenvalue weighted by Gasteiger charge is -2.35. The van der Waals surface area contributed by atoms with Crippen LogP contribution < -0.4 is 15.0 Å². The third-order valence-corrected chi connectivity index (χ3v) is 5.29. The average Bonchev–Trinajstić information content (AvgIpc) is 2.78. The summed E-state index contributed by atoms with van der Waals surface area (Å²) in [6.45, 7) is 0.327. The van der Waals surface area contributed by atoms with Gasteiger partial charge in [0.1, 0.15) is 11.6 Å². The van der Waals surface area contributed by atoms with E-state index < -0.39 is 17.7 Å². The van der Waals surface area contributed by atoms with Crippen molar-refractivity contribution in [2.45, 2.75) is 19.0 Å². The van der Waals surface area contributed by atoms with Gasteiger partial charge in [-0.1, -0.05) is 0 Å². The molecule has 2 amide bonds. The molecule has 10 heteroatoms. The molecular formula is C22H25F3N4O3. The number of aromatic nitrogens is 1. The molecule has 1 unspecified atom stereocenters. The van der Waals surface area contributed by atoms with Crippen molar-refractivity contribution in [3.05, 3.63) is 48.2 Å². The van der Waals surface area contributed by atoms with Gasteiger partial charge in [0.25, 0.3) is 0 Å². The number of nitrogens with zero attached hydrogens (tertiary/aromatic N) is 3. The number of anilines is 2. The fourth-order valence-electron chi connectivity index (χ4n) is 3.72. The van der Waals surface area contributed by atoms with Crippen LogP contribution >= 0.6 is 0 Å². The molecule has 172 valence electrons. The Kier molecular flexibility index (Phi) is 7.22. The summed E-state index contributed by atoms with van der Waals surface area (Å²) in [5, 5.41) is 2.71. The van der Waals surface area contributed by atoms with E-state index in [9.17, 15) is 22.8 Å². The lowest BCUT2D eigenvalue weighted by molar-refractivity contribution is -0.137. The van der Waals surface area contributed by atoms with Crippen LogP contribution in [0.4, 0.5) is 24.7 Å². The monoisotopic (exact) mass is 450 g/mol. The van der Waals surface area contributed by atoms with E-state index in [1.807, 2.05) is 0 Å². The van der Waals surface area contributed by atoms with Crippen LogP contribution in [-0.2, 0) is 15.8 Å². The number of alkyl halides is 3. The molecule has 1 N–H and O–H groups in total. The number of carbonyl (C=O) groups is 2. The van der Waals surface area contributed by atoms with Crippen molar-refractivity contribution in [2.75, 3.05) is 44.0 Å². The Labute approximate surface area is 184 Å². The van der Waals surface area contributed by atoms with Gasteiger partial charge < -0.3 is 19.9 Å². The van der Waals surface area contributed by atoms with Crippen molar-refractivity contribution in [1.29, 1.82) is 0 Å². The summed E-state index contributed by atoms with van der Waals surface area (Å²) in [6, 6.07) is 9.00. The maximum Gasteiger partial charge on any atom is 0.419 e. The van der Waals surface area contributed by atoms with Crippen LogP contribution in [0.2, 0.25) is 0 Å². The number of hydrogen-bond donors (Lipinski definition) is 1. The molecule has 32 heavy (non-hydrogen) atoms. The zero-order valence-electron chi connectivity index (χ0n) is 17.9. The fourth-order valence-corrected chi connectivity index (χ4v) is 3.72. The Morgan fingerprint density at radius 2 is 1.97 bits per heavy atom. The average molecular weight is 450 g/mol. The summed E-state index contributed by atoms with van der Waals surface area (Å²) in [7, 11) is 3.05. The minimum atomic E-state index is -4.53. The highest BCUT2D eigenvalue weighted by atomic mass is 19.4. The molecular weight excluding hydrogens is 425 g/mol. The Bertz CT molecular complexity index is 950. The number of hydrogen-bond acceptors (Lipinski definition) is 5. The maximum absolute atomic E-state index is 13.4. The van der Waals surface area contributed by atoms with Crippen molar-refractivity contribution in [2.24, 2.45) is 5.92 Å². The number of amides is 2. The Morgan fingerprint density at radius 1 is 1.25 bits per heavy atom. The first-order valence-electron chi connectivity index (χ1n) is 10.1. The minimum Gasteiger partial charge on any atom is -0.497 e. The molecule has 1 aliphatic heterocycles. The van der Waals surface area contributed by atoms with Crippen LogP contribution in [0.15, 0.2) is 42.6 Å². The highest BCUT2D eigenvalue weighted by Gasteiger charge is 2.37. The second-order valence-electron chi connectivity index (χ2n) is 7.63. The van der Waals surface area contributed by atoms with Gasteiger partial charge in [0.05, 0.1) is 25.1 Å². The standard InChI is InChI=1S/C22H25F3N4O3/c1-28(14-19(30)27-16-7-9-17(32-2)10-8-16)21(31)15-5-4-12-29(13-15)20-18(22(23,24)25)6-3-11-26-20/h3,6-11,15H,4-5,12-14H2,1-2H3,(H,27,30). The van der Waals surface area contributed by atoms with Crippen LogP contribution in [0.1, 0.15) is 18.4 Å². The van der Waals surface area contributed by atoms with Crippen LogP contribution in [0.25, 0.3) is 0 Å². The molecule has 2 aromatic rings. The van der Waals surface area contributed by atoms with Crippen molar-refractivity contribution in [3.63, 3.8) is 0 Å². The van der Waals surface area contributed by atoms with E-state index in [1.165, 1.54) is 29.1 Å². The topological polar surface area (TPSA) is 74.8 Å². The number of ether oxygens (including phenoxy) is 1. The molecule has 0 radical (unpaired) electrons. The van der Waals surface area contributed by atoms with Gasteiger partial charge in [0, 0.05) is 32.0 Å². The SMILES string of the molecule is COc1ccc(NC(=O)CN(C)C(=O)C2CCCN(c3ncccc3C(F)(F)F)C2)cc1. The zero-order valence-corrected chi connectivity index (χ0v) is 17.9. The third kappa shape index (κ3) is 5.68. The first-order valence-corrected chi connectivity index (χ1v) is 10.1. The number of carbonyl (C=O) groups excluding carboxylic acids is 2. The molecule has 1 aromatic heterocycles. The van der Waals surface area contributed by atoms with Gasteiger partial charge in [-0.15, -0.1) is 0 Å². The van der Waals surface area contributed by atoms with Crippen LogP contribution in [0.3, 0.4) is 0 Å². The second-order valence-corrected chi connectivity index (χ2v) is 7.63. The van der Waals surface area contributed by atoms with E-state index in [2.05, 4.69) is 10.3 Å².